The number of carbonyl (C=O) groups excluding carboxylic acids is 1. The Morgan fingerprint density at radius 1 is 0.931 bits per heavy atom. The molecular formula is C26H26N2O. The fourth-order valence-corrected chi connectivity index (χ4v) is 4.16. The lowest BCUT2D eigenvalue weighted by Gasteiger charge is -2.20. The smallest absolute Gasteiger partial charge is 0.250 e. The maximum atomic E-state index is 12.0. The summed E-state index contributed by atoms with van der Waals surface area (Å²) in [7, 11) is 0. The molecule has 0 bridgehead atoms. The summed E-state index contributed by atoms with van der Waals surface area (Å²) in [6, 6.07) is 27.5. The van der Waals surface area contributed by atoms with E-state index in [9.17, 15) is 4.79 Å². The molecule has 0 aliphatic carbocycles. The third kappa shape index (κ3) is 3.81. The Balaban J connectivity index is 1.74. The second kappa shape index (κ2) is 7.96. The van der Waals surface area contributed by atoms with Gasteiger partial charge in [0.25, 0.3) is 5.91 Å². The van der Waals surface area contributed by atoms with E-state index in [0.717, 1.165) is 29.8 Å². The van der Waals surface area contributed by atoms with E-state index >= 15 is 0 Å². The first-order chi connectivity index (χ1) is 14.0. The van der Waals surface area contributed by atoms with Crippen LogP contribution in [0.1, 0.15) is 41.0 Å². The molecule has 29 heavy (non-hydrogen) atoms. The first kappa shape index (κ1) is 19.0. The monoisotopic (exact) mass is 382 g/mol. The van der Waals surface area contributed by atoms with Crippen molar-refractivity contribution in [3.63, 3.8) is 0 Å². The largest absolute Gasteiger partial charge is 0.366 e. The van der Waals surface area contributed by atoms with Crippen molar-refractivity contribution in [3.05, 3.63) is 95.7 Å². The van der Waals surface area contributed by atoms with Crippen LogP contribution in [0.4, 0.5) is 0 Å². The number of aryl methyl sites for hydroxylation is 1. The van der Waals surface area contributed by atoms with Gasteiger partial charge in [0.2, 0.25) is 0 Å². The van der Waals surface area contributed by atoms with Crippen molar-refractivity contribution in [2.45, 2.75) is 32.7 Å². The van der Waals surface area contributed by atoms with E-state index in [1.807, 2.05) is 31.2 Å². The van der Waals surface area contributed by atoms with Gasteiger partial charge in [0.1, 0.15) is 0 Å². The van der Waals surface area contributed by atoms with Gasteiger partial charge in [0, 0.05) is 17.4 Å². The van der Waals surface area contributed by atoms with Gasteiger partial charge >= 0.3 is 0 Å². The van der Waals surface area contributed by atoms with E-state index in [0.29, 0.717) is 5.56 Å². The highest BCUT2D eigenvalue weighted by atomic mass is 16.1. The zero-order valence-electron chi connectivity index (χ0n) is 16.9. The topological polar surface area (TPSA) is 48.0 Å². The van der Waals surface area contributed by atoms with Gasteiger partial charge in [-0.2, -0.15) is 0 Å². The van der Waals surface area contributed by atoms with Crippen molar-refractivity contribution in [1.29, 1.82) is 0 Å². The number of fused-ring (bicyclic) bond motifs is 1. The lowest BCUT2D eigenvalue weighted by Crippen LogP contribution is -2.14. The second-order valence-corrected chi connectivity index (χ2v) is 7.70. The van der Waals surface area contributed by atoms with E-state index in [4.69, 9.17) is 5.73 Å². The molecule has 1 aromatic heterocycles. The van der Waals surface area contributed by atoms with Crippen LogP contribution in [0.5, 0.6) is 0 Å². The molecule has 1 atom stereocenters. The molecule has 1 heterocycles. The quantitative estimate of drug-likeness (QED) is 0.443. The summed E-state index contributed by atoms with van der Waals surface area (Å²) in [4.78, 5) is 12.0. The Kier molecular flexibility index (Phi) is 5.22. The number of carbonyl (C=O) groups is 1. The highest BCUT2D eigenvalue weighted by Gasteiger charge is 2.20. The van der Waals surface area contributed by atoms with Crippen LogP contribution in [0.15, 0.2) is 78.9 Å². The SMILES string of the molecule is Cc1c(C(N)=O)cc(-c2ccc3ccccc3c2)n1C(C)CCc1ccccc1. The van der Waals surface area contributed by atoms with E-state index in [2.05, 4.69) is 66.1 Å². The molecular weight excluding hydrogens is 356 g/mol. The number of aromatic nitrogens is 1. The van der Waals surface area contributed by atoms with E-state index in [1.54, 1.807) is 0 Å². The van der Waals surface area contributed by atoms with Gasteiger partial charge in [-0.1, -0.05) is 66.7 Å². The molecule has 4 rings (SSSR count). The Hall–Kier alpha value is -3.33. The van der Waals surface area contributed by atoms with E-state index in [1.165, 1.54) is 16.3 Å². The number of rotatable bonds is 6. The number of hydrogen-bond acceptors (Lipinski definition) is 1. The van der Waals surface area contributed by atoms with Gasteiger partial charge < -0.3 is 10.3 Å². The maximum absolute atomic E-state index is 12.0. The first-order valence-electron chi connectivity index (χ1n) is 10.1. The van der Waals surface area contributed by atoms with Crippen molar-refractivity contribution < 1.29 is 4.79 Å². The lowest BCUT2D eigenvalue weighted by molar-refractivity contribution is 0.0999. The molecule has 146 valence electrons. The van der Waals surface area contributed by atoms with Crippen LogP contribution < -0.4 is 5.73 Å². The lowest BCUT2D eigenvalue weighted by atomic mass is 10.0. The predicted octanol–water partition coefficient (Wildman–Crippen LogP) is 5.91. The zero-order chi connectivity index (χ0) is 20.4. The molecule has 0 spiro atoms. The maximum Gasteiger partial charge on any atom is 0.250 e. The third-order valence-corrected chi connectivity index (χ3v) is 5.74. The van der Waals surface area contributed by atoms with E-state index < -0.39 is 0 Å². The van der Waals surface area contributed by atoms with Crippen LogP contribution in [0, 0.1) is 6.92 Å². The van der Waals surface area contributed by atoms with Crippen LogP contribution in [-0.4, -0.2) is 10.5 Å². The number of amides is 1. The molecule has 1 unspecified atom stereocenters. The van der Waals surface area contributed by atoms with Crippen LogP contribution in [0.2, 0.25) is 0 Å². The van der Waals surface area contributed by atoms with Gasteiger partial charge in [-0.3, -0.25) is 4.79 Å². The predicted molar refractivity (Wildman–Crippen MR) is 120 cm³/mol. The zero-order valence-corrected chi connectivity index (χ0v) is 16.9. The second-order valence-electron chi connectivity index (χ2n) is 7.70. The Labute approximate surface area is 171 Å². The number of nitrogens with zero attached hydrogens (tertiary/aromatic N) is 1. The summed E-state index contributed by atoms with van der Waals surface area (Å²) in [5, 5.41) is 2.39. The molecule has 2 N–H and O–H groups in total. The van der Waals surface area contributed by atoms with Crippen molar-refractivity contribution in [1.82, 2.24) is 4.57 Å². The number of benzene rings is 3. The first-order valence-corrected chi connectivity index (χ1v) is 10.1. The number of nitrogens with two attached hydrogens (primary N) is 1. The molecule has 1 amide bonds. The summed E-state index contributed by atoms with van der Waals surface area (Å²) in [6.45, 7) is 4.20. The van der Waals surface area contributed by atoms with Crippen LogP contribution in [-0.2, 0) is 6.42 Å². The number of hydrogen-bond donors (Lipinski definition) is 1. The molecule has 4 aromatic rings. The van der Waals surface area contributed by atoms with Crippen LogP contribution in [0.3, 0.4) is 0 Å². The molecule has 0 saturated heterocycles. The Morgan fingerprint density at radius 3 is 2.34 bits per heavy atom. The molecule has 0 fully saturated rings. The Morgan fingerprint density at radius 2 is 1.62 bits per heavy atom. The summed E-state index contributed by atoms with van der Waals surface area (Å²) in [5.74, 6) is -0.376. The fraction of sp³-hybridized carbons (Fsp3) is 0.192. The van der Waals surface area contributed by atoms with Crippen LogP contribution in [0.25, 0.3) is 22.0 Å². The highest BCUT2D eigenvalue weighted by molar-refractivity contribution is 5.96. The fourth-order valence-electron chi connectivity index (χ4n) is 4.16. The minimum Gasteiger partial charge on any atom is -0.366 e. The van der Waals surface area contributed by atoms with Gasteiger partial charge in [0.05, 0.1) is 5.56 Å². The summed E-state index contributed by atoms with van der Waals surface area (Å²) in [5.41, 5.74) is 10.7. The van der Waals surface area contributed by atoms with Crippen molar-refractivity contribution >= 4 is 16.7 Å². The Bertz CT molecular complexity index is 1160. The van der Waals surface area contributed by atoms with Gasteiger partial charge in [0.15, 0.2) is 0 Å². The minimum atomic E-state index is -0.376. The molecule has 0 aliphatic heterocycles. The summed E-state index contributed by atoms with van der Waals surface area (Å²) < 4.78 is 2.27. The van der Waals surface area contributed by atoms with Crippen molar-refractivity contribution in [2.24, 2.45) is 5.73 Å². The van der Waals surface area contributed by atoms with Crippen molar-refractivity contribution in [3.8, 4) is 11.3 Å². The van der Waals surface area contributed by atoms with Crippen LogP contribution >= 0.6 is 0 Å². The molecule has 3 nitrogen and oxygen atoms in total. The average Bonchev–Trinajstić information content (AvgIpc) is 3.10. The van der Waals surface area contributed by atoms with Gasteiger partial charge in [-0.05, 0) is 60.7 Å². The molecule has 0 radical (unpaired) electrons. The van der Waals surface area contributed by atoms with Gasteiger partial charge in [-0.25, -0.2) is 0 Å². The van der Waals surface area contributed by atoms with Crippen molar-refractivity contribution in [2.75, 3.05) is 0 Å². The third-order valence-electron chi connectivity index (χ3n) is 5.74. The van der Waals surface area contributed by atoms with E-state index in [-0.39, 0.29) is 11.9 Å². The standard InChI is InChI=1S/C26H26N2O/c1-18(12-13-20-8-4-3-5-9-20)28-19(2)24(26(27)29)17-25(28)23-15-14-21-10-6-7-11-22(21)16-23/h3-11,14-18H,12-13H2,1-2H3,(H2,27,29). The molecule has 0 aliphatic rings. The summed E-state index contributed by atoms with van der Waals surface area (Å²) in [6.07, 6.45) is 1.97. The molecule has 3 heteroatoms. The van der Waals surface area contributed by atoms with Gasteiger partial charge in [-0.15, -0.1) is 0 Å². The molecule has 0 saturated carbocycles. The minimum absolute atomic E-state index is 0.241. The highest BCUT2D eigenvalue weighted by Crippen LogP contribution is 2.32. The normalized spacial score (nSPS) is 12.2. The average molecular weight is 383 g/mol. The number of primary amides is 1. The summed E-state index contributed by atoms with van der Waals surface area (Å²) >= 11 is 0. The molecule has 3 aromatic carbocycles.